The molecule has 16 heavy (non-hydrogen) atoms. The fourth-order valence-electron chi connectivity index (χ4n) is 2.04. The number of carboxylic acid groups (broad SMARTS) is 1. The Morgan fingerprint density at radius 3 is 2.94 bits per heavy atom. The van der Waals surface area contributed by atoms with E-state index in [0.717, 1.165) is 24.2 Å². The van der Waals surface area contributed by atoms with Gasteiger partial charge in [-0.2, -0.15) is 0 Å². The number of rotatable bonds is 2. The van der Waals surface area contributed by atoms with Gasteiger partial charge in [-0.15, -0.1) is 0 Å². The van der Waals surface area contributed by atoms with Gasteiger partial charge in [-0.1, -0.05) is 29.3 Å². The molecule has 1 aliphatic rings. The quantitative estimate of drug-likeness (QED) is 0.857. The molecule has 0 amide bonds. The summed E-state index contributed by atoms with van der Waals surface area (Å²) in [6, 6.07) is 3.56. The number of carboxylic acids is 1. The van der Waals surface area contributed by atoms with Gasteiger partial charge in [0.25, 0.3) is 0 Å². The average molecular weight is 260 g/mol. The number of aliphatic carboxylic acids is 1. The summed E-state index contributed by atoms with van der Waals surface area (Å²) in [6.07, 6.45) is 0.934. The van der Waals surface area contributed by atoms with E-state index in [4.69, 9.17) is 28.3 Å². The SMILES string of the molecule is O=C(O)CC1CCNc2c1ccc(Cl)c2Cl. The molecule has 0 radical (unpaired) electrons. The van der Waals surface area contributed by atoms with Gasteiger partial charge in [0, 0.05) is 6.54 Å². The van der Waals surface area contributed by atoms with Crippen molar-refractivity contribution in [2.75, 3.05) is 11.9 Å². The molecule has 2 N–H and O–H groups in total. The molecule has 1 heterocycles. The van der Waals surface area contributed by atoms with Crippen LogP contribution in [0.3, 0.4) is 0 Å². The first-order valence-electron chi connectivity index (χ1n) is 5.03. The smallest absolute Gasteiger partial charge is 0.303 e. The van der Waals surface area contributed by atoms with Crippen LogP contribution in [-0.4, -0.2) is 17.6 Å². The van der Waals surface area contributed by atoms with Crippen molar-refractivity contribution in [2.24, 2.45) is 0 Å². The van der Waals surface area contributed by atoms with Crippen LogP contribution in [0.15, 0.2) is 12.1 Å². The Morgan fingerprint density at radius 2 is 2.25 bits per heavy atom. The minimum atomic E-state index is -0.788. The summed E-state index contributed by atoms with van der Waals surface area (Å²) < 4.78 is 0. The lowest BCUT2D eigenvalue weighted by molar-refractivity contribution is -0.137. The topological polar surface area (TPSA) is 49.3 Å². The predicted octanol–water partition coefficient (Wildman–Crippen LogP) is 3.37. The number of hydrogen-bond acceptors (Lipinski definition) is 2. The largest absolute Gasteiger partial charge is 0.481 e. The summed E-state index contributed by atoms with van der Waals surface area (Å²) >= 11 is 12.0. The Morgan fingerprint density at radius 1 is 1.50 bits per heavy atom. The van der Waals surface area contributed by atoms with Gasteiger partial charge in [0.1, 0.15) is 0 Å². The molecule has 1 unspecified atom stereocenters. The number of hydrogen-bond donors (Lipinski definition) is 2. The van der Waals surface area contributed by atoms with Crippen LogP contribution in [0.2, 0.25) is 10.0 Å². The van der Waals surface area contributed by atoms with Crippen LogP contribution in [0.5, 0.6) is 0 Å². The molecule has 0 aliphatic carbocycles. The first-order chi connectivity index (χ1) is 7.59. The molecule has 5 heteroatoms. The maximum absolute atomic E-state index is 10.7. The third-order valence-electron chi connectivity index (χ3n) is 2.78. The normalized spacial score (nSPS) is 18.8. The van der Waals surface area contributed by atoms with E-state index >= 15 is 0 Å². The summed E-state index contributed by atoms with van der Waals surface area (Å²) in [5, 5.41) is 13.0. The second-order valence-corrected chi connectivity index (χ2v) is 4.62. The summed E-state index contributed by atoms with van der Waals surface area (Å²) in [4.78, 5) is 10.7. The fourth-order valence-corrected chi connectivity index (χ4v) is 2.43. The van der Waals surface area contributed by atoms with E-state index in [-0.39, 0.29) is 12.3 Å². The molecule has 0 saturated carbocycles. The summed E-state index contributed by atoms with van der Waals surface area (Å²) in [5.41, 5.74) is 1.73. The Labute approximate surface area is 103 Å². The minimum Gasteiger partial charge on any atom is -0.481 e. The lowest BCUT2D eigenvalue weighted by Crippen LogP contribution is -2.19. The van der Waals surface area contributed by atoms with Gasteiger partial charge in [0.15, 0.2) is 0 Å². The average Bonchev–Trinajstić information content (AvgIpc) is 2.23. The zero-order valence-electron chi connectivity index (χ0n) is 8.46. The second kappa shape index (κ2) is 4.52. The summed E-state index contributed by atoms with van der Waals surface area (Å²) in [7, 11) is 0. The lowest BCUT2D eigenvalue weighted by Gasteiger charge is -2.26. The standard InChI is InChI=1S/C11H11Cl2NO2/c12-8-2-1-7-6(5-9(15)16)3-4-14-11(7)10(8)13/h1-2,6,14H,3-5H2,(H,15,16). The van der Waals surface area contributed by atoms with E-state index in [1.165, 1.54) is 0 Å². The van der Waals surface area contributed by atoms with Crippen molar-refractivity contribution in [1.29, 1.82) is 0 Å². The van der Waals surface area contributed by atoms with Crippen molar-refractivity contribution in [2.45, 2.75) is 18.8 Å². The molecule has 0 aromatic heterocycles. The van der Waals surface area contributed by atoms with Gasteiger partial charge in [-0.3, -0.25) is 4.79 Å². The number of nitrogens with one attached hydrogen (secondary N) is 1. The first kappa shape index (κ1) is 11.6. The Balaban J connectivity index is 2.39. The Hall–Kier alpha value is -0.930. The number of carbonyl (C=O) groups is 1. The number of halogens is 2. The van der Waals surface area contributed by atoms with Gasteiger partial charge in [0.2, 0.25) is 0 Å². The third kappa shape index (κ3) is 2.11. The molecule has 0 fully saturated rings. The zero-order chi connectivity index (χ0) is 11.7. The number of fused-ring (bicyclic) bond motifs is 1. The van der Waals surface area contributed by atoms with Crippen LogP contribution >= 0.6 is 23.2 Å². The van der Waals surface area contributed by atoms with Crippen LogP contribution in [0.25, 0.3) is 0 Å². The fraction of sp³-hybridized carbons (Fsp3) is 0.364. The maximum Gasteiger partial charge on any atom is 0.303 e. The van der Waals surface area contributed by atoms with E-state index in [2.05, 4.69) is 5.32 Å². The van der Waals surface area contributed by atoms with E-state index in [1.807, 2.05) is 6.07 Å². The highest BCUT2D eigenvalue weighted by molar-refractivity contribution is 6.43. The monoisotopic (exact) mass is 259 g/mol. The molecule has 3 nitrogen and oxygen atoms in total. The third-order valence-corrected chi connectivity index (χ3v) is 3.59. The highest BCUT2D eigenvalue weighted by atomic mass is 35.5. The molecule has 1 aromatic rings. The highest BCUT2D eigenvalue weighted by Crippen LogP contribution is 2.41. The van der Waals surface area contributed by atoms with Crippen molar-refractivity contribution in [1.82, 2.24) is 0 Å². The molecular formula is C11H11Cl2NO2. The van der Waals surface area contributed by atoms with Crippen LogP contribution in [0.4, 0.5) is 5.69 Å². The van der Waals surface area contributed by atoms with Crippen molar-refractivity contribution in [3.8, 4) is 0 Å². The maximum atomic E-state index is 10.7. The van der Waals surface area contributed by atoms with Crippen molar-refractivity contribution < 1.29 is 9.90 Å². The highest BCUT2D eigenvalue weighted by Gasteiger charge is 2.24. The van der Waals surface area contributed by atoms with Crippen LogP contribution < -0.4 is 5.32 Å². The molecule has 1 aromatic carbocycles. The second-order valence-electron chi connectivity index (χ2n) is 3.84. The van der Waals surface area contributed by atoms with Crippen molar-refractivity contribution in [3.05, 3.63) is 27.7 Å². The Bertz CT molecular complexity index is 434. The molecule has 0 saturated heterocycles. The Kier molecular flexibility index (Phi) is 3.26. The number of anilines is 1. The van der Waals surface area contributed by atoms with Crippen molar-refractivity contribution >= 4 is 34.9 Å². The van der Waals surface area contributed by atoms with Gasteiger partial charge in [-0.05, 0) is 24.0 Å². The van der Waals surface area contributed by atoms with E-state index in [0.29, 0.717) is 10.0 Å². The molecule has 86 valence electrons. The number of benzene rings is 1. The van der Waals surface area contributed by atoms with E-state index in [1.54, 1.807) is 6.07 Å². The van der Waals surface area contributed by atoms with Crippen LogP contribution in [0.1, 0.15) is 24.3 Å². The molecule has 2 rings (SSSR count). The van der Waals surface area contributed by atoms with Crippen LogP contribution in [-0.2, 0) is 4.79 Å². The van der Waals surface area contributed by atoms with Crippen LogP contribution in [0, 0.1) is 0 Å². The molecular weight excluding hydrogens is 249 g/mol. The predicted molar refractivity (Wildman–Crippen MR) is 64.6 cm³/mol. The van der Waals surface area contributed by atoms with E-state index in [9.17, 15) is 4.79 Å². The first-order valence-corrected chi connectivity index (χ1v) is 5.78. The molecule has 1 aliphatic heterocycles. The van der Waals surface area contributed by atoms with Gasteiger partial charge in [0.05, 0.1) is 22.2 Å². The summed E-state index contributed by atoms with van der Waals surface area (Å²) in [5.74, 6) is -0.771. The zero-order valence-corrected chi connectivity index (χ0v) is 9.98. The van der Waals surface area contributed by atoms with Gasteiger partial charge in [-0.25, -0.2) is 0 Å². The summed E-state index contributed by atoms with van der Waals surface area (Å²) in [6.45, 7) is 0.727. The van der Waals surface area contributed by atoms with Gasteiger partial charge >= 0.3 is 5.97 Å². The van der Waals surface area contributed by atoms with Crippen molar-refractivity contribution in [3.63, 3.8) is 0 Å². The molecule has 0 spiro atoms. The molecule has 0 bridgehead atoms. The van der Waals surface area contributed by atoms with E-state index < -0.39 is 5.97 Å². The lowest BCUT2D eigenvalue weighted by atomic mass is 9.88. The molecule has 1 atom stereocenters. The van der Waals surface area contributed by atoms with Gasteiger partial charge < -0.3 is 10.4 Å². The minimum absolute atomic E-state index is 0.0171.